The van der Waals surface area contributed by atoms with E-state index in [0.717, 1.165) is 0 Å². The highest BCUT2D eigenvalue weighted by atomic mass is 35.5. The Hall–Kier alpha value is -2.15. The molecule has 1 fully saturated rings. The highest BCUT2D eigenvalue weighted by molar-refractivity contribution is 6.30. The first-order valence-electron chi connectivity index (χ1n) is 8.59. The molecule has 0 aromatic heterocycles. The summed E-state index contributed by atoms with van der Waals surface area (Å²) in [6.45, 7) is 9.01. The lowest BCUT2D eigenvalue weighted by molar-refractivity contribution is 0.0165. The average Bonchev–Trinajstić information content (AvgIpc) is 2.55. The number of benzene rings is 1. The first-order chi connectivity index (χ1) is 12.1. The van der Waals surface area contributed by atoms with Crippen molar-refractivity contribution in [2.45, 2.75) is 39.5 Å². The van der Waals surface area contributed by atoms with Crippen LogP contribution in [0.2, 0.25) is 5.02 Å². The van der Waals surface area contributed by atoms with Gasteiger partial charge in [-0.05, 0) is 52.0 Å². The Bertz CT molecular complexity index is 622. The molecule has 1 aliphatic rings. The fourth-order valence-electron chi connectivity index (χ4n) is 2.43. The van der Waals surface area contributed by atoms with Crippen LogP contribution in [0.25, 0.3) is 0 Å². The van der Waals surface area contributed by atoms with Gasteiger partial charge in [-0.1, -0.05) is 11.6 Å². The van der Waals surface area contributed by atoms with E-state index in [9.17, 15) is 9.59 Å². The SMILES string of the molecule is CC(NC(=O)N1CCN(C(=O)OC(C)(C)C)CC1)Oc1ccc(Cl)cc1. The summed E-state index contributed by atoms with van der Waals surface area (Å²) in [5.74, 6) is 0.622. The number of ether oxygens (including phenoxy) is 2. The van der Waals surface area contributed by atoms with Crippen LogP contribution < -0.4 is 10.1 Å². The number of carbonyl (C=O) groups is 2. The smallest absolute Gasteiger partial charge is 0.410 e. The van der Waals surface area contributed by atoms with Crippen LogP contribution in [0, 0.1) is 0 Å². The van der Waals surface area contributed by atoms with E-state index in [-0.39, 0.29) is 12.1 Å². The largest absolute Gasteiger partial charge is 0.471 e. The fraction of sp³-hybridized carbons (Fsp3) is 0.556. The molecule has 1 N–H and O–H groups in total. The number of hydrogen-bond donors (Lipinski definition) is 1. The second kappa shape index (κ2) is 8.49. The van der Waals surface area contributed by atoms with Crippen LogP contribution in [-0.4, -0.2) is 59.9 Å². The first kappa shape index (κ1) is 20.2. The molecule has 0 radical (unpaired) electrons. The lowest BCUT2D eigenvalue weighted by Gasteiger charge is -2.36. The predicted octanol–water partition coefficient (Wildman–Crippen LogP) is 3.33. The van der Waals surface area contributed by atoms with Gasteiger partial charge < -0.3 is 24.6 Å². The molecule has 1 aliphatic heterocycles. The lowest BCUT2D eigenvalue weighted by atomic mass is 10.2. The molecule has 1 unspecified atom stereocenters. The quantitative estimate of drug-likeness (QED) is 0.813. The van der Waals surface area contributed by atoms with Crippen LogP contribution in [0.1, 0.15) is 27.7 Å². The Balaban J connectivity index is 1.77. The van der Waals surface area contributed by atoms with Crippen molar-refractivity contribution < 1.29 is 19.1 Å². The van der Waals surface area contributed by atoms with Crippen molar-refractivity contribution in [3.8, 4) is 5.75 Å². The van der Waals surface area contributed by atoms with Crippen LogP contribution in [0.4, 0.5) is 9.59 Å². The van der Waals surface area contributed by atoms with Gasteiger partial charge in [-0.15, -0.1) is 0 Å². The van der Waals surface area contributed by atoms with Gasteiger partial charge in [0.05, 0.1) is 0 Å². The Morgan fingerprint density at radius 3 is 2.15 bits per heavy atom. The second-order valence-electron chi connectivity index (χ2n) is 7.12. The van der Waals surface area contributed by atoms with Gasteiger partial charge in [0, 0.05) is 31.2 Å². The van der Waals surface area contributed by atoms with Crippen molar-refractivity contribution in [2.24, 2.45) is 0 Å². The monoisotopic (exact) mass is 383 g/mol. The van der Waals surface area contributed by atoms with Gasteiger partial charge in [0.25, 0.3) is 0 Å². The number of carbonyl (C=O) groups excluding carboxylic acids is 2. The number of nitrogens with one attached hydrogen (secondary N) is 1. The van der Waals surface area contributed by atoms with Crippen molar-refractivity contribution in [3.63, 3.8) is 0 Å². The Labute approximate surface area is 159 Å². The molecule has 1 aromatic rings. The molecule has 26 heavy (non-hydrogen) atoms. The van der Waals surface area contributed by atoms with Crippen molar-refractivity contribution in [1.82, 2.24) is 15.1 Å². The van der Waals surface area contributed by atoms with Gasteiger partial charge in [0.1, 0.15) is 11.4 Å². The Morgan fingerprint density at radius 2 is 1.62 bits per heavy atom. The minimum absolute atomic E-state index is 0.227. The number of urea groups is 1. The maximum Gasteiger partial charge on any atom is 0.410 e. The summed E-state index contributed by atoms with van der Waals surface area (Å²) in [5, 5.41) is 3.41. The van der Waals surface area contributed by atoms with E-state index in [4.69, 9.17) is 21.1 Å². The minimum atomic E-state index is -0.528. The normalized spacial score (nSPS) is 16.0. The van der Waals surface area contributed by atoms with Gasteiger partial charge in [-0.2, -0.15) is 0 Å². The van der Waals surface area contributed by atoms with Crippen molar-refractivity contribution >= 4 is 23.7 Å². The summed E-state index contributed by atoms with van der Waals surface area (Å²) in [7, 11) is 0. The highest BCUT2D eigenvalue weighted by Gasteiger charge is 2.28. The molecule has 1 saturated heterocycles. The van der Waals surface area contributed by atoms with Crippen LogP contribution in [0.15, 0.2) is 24.3 Å². The van der Waals surface area contributed by atoms with Crippen LogP contribution in [0.5, 0.6) is 5.75 Å². The maximum atomic E-state index is 12.3. The molecule has 3 amide bonds. The minimum Gasteiger partial charge on any atom is -0.471 e. The van der Waals surface area contributed by atoms with E-state index >= 15 is 0 Å². The summed E-state index contributed by atoms with van der Waals surface area (Å²) in [4.78, 5) is 27.7. The number of nitrogens with zero attached hydrogens (tertiary/aromatic N) is 2. The third kappa shape index (κ3) is 6.29. The maximum absolute atomic E-state index is 12.3. The molecule has 144 valence electrons. The van der Waals surface area contributed by atoms with Crippen LogP contribution >= 0.6 is 11.6 Å². The van der Waals surface area contributed by atoms with Gasteiger partial charge in [0.2, 0.25) is 0 Å². The molecule has 0 bridgehead atoms. The molecule has 1 aromatic carbocycles. The summed E-state index contributed by atoms with van der Waals surface area (Å²) in [6.07, 6.45) is -0.843. The van der Waals surface area contributed by atoms with Crippen LogP contribution in [0.3, 0.4) is 0 Å². The molecular weight excluding hydrogens is 358 g/mol. The Morgan fingerprint density at radius 1 is 1.08 bits per heavy atom. The first-order valence-corrected chi connectivity index (χ1v) is 8.97. The summed E-state index contributed by atoms with van der Waals surface area (Å²) < 4.78 is 11.0. The molecule has 8 heteroatoms. The number of halogens is 1. The molecule has 1 atom stereocenters. The average molecular weight is 384 g/mol. The zero-order valence-corrected chi connectivity index (χ0v) is 16.4. The van der Waals surface area contributed by atoms with E-state index in [1.165, 1.54) is 0 Å². The standard InChI is InChI=1S/C18H26ClN3O4/c1-13(25-15-7-5-14(19)6-8-15)20-16(23)21-9-11-22(12-10-21)17(24)26-18(2,3)4/h5-8,13H,9-12H2,1-4H3,(H,20,23). The van der Waals surface area contributed by atoms with Gasteiger partial charge in [0.15, 0.2) is 6.23 Å². The summed E-state index contributed by atoms with van der Waals surface area (Å²) in [5.41, 5.74) is -0.528. The molecule has 0 aliphatic carbocycles. The summed E-state index contributed by atoms with van der Waals surface area (Å²) >= 11 is 5.83. The fourth-order valence-corrected chi connectivity index (χ4v) is 2.56. The third-order valence-electron chi connectivity index (χ3n) is 3.67. The predicted molar refractivity (Wildman–Crippen MR) is 99.5 cm³/mol. The molecule has 1 heterocycles. The Kier molecular flexibility index (Phi) is 6.58. The summed E-state index contributed by atoms with van der Waals surface area (Å²) in [6, 6.07) is 6.70. The highest BCUT2D eigenvalue weighted by Crippen LogP contribution is 2.16. The second-order valence-corrected chi connectivity index (χ2v) is 7.55. The molecule has 7 nitrogen and oxygen atoms in total. The number of hydrogen-bond acceptors (Lipinski definition) is 4. The molecule has 2 rings (SSSR count). The number of piperazine rings is 1. The van der Waals surface area contributed by atoms with E-state index in [1.54, 1.807) is 41.0 Å². The van der Waals surface area contributed by atoms with Crippen molar-refractivity contribution in [3.05, 3.63) is 29.3 Å². The van der Waals surface area contributed by atoms with E-state index < -0.39 is 11.8 Å². The zero-order valence-electron chi connectivity index (χ0n) is 15.6. The van der Waals surface area contributed by atoms with Crippen molar-refractivity contribution in [1.29, 1.82) is 0 Å². The molecule has 0 saturated carbocycles. The number of amides is 3. The van der Waals surface area contributed by atoms with E-state index in [0.29, 0.717) is 37.0 Å². The molecule has 0 spiro atoms. The van der Waals surface area contributed by atoms with E-state index in [2.05, 4.69) is 5.32 Å². The zero-order chi connectivity index (χ0) is 19.3. The third-order valence-corrected chi connectivity index (χ3v) is 3.92. The lowest BCUT2D eigenvalue weighted by Crippen LogP contribution is -2.55. The van der Waals surface area contributed by atoms with E-state index in [1.807, 2.05) is 20.8 Å². The van der Waals surface area contributed by atoms with Gasteiger partial charge >= 0.3 is 12.1 Å². The number of rotatable bonds is 3. The van der Waals surface area contributed by atoms with Crippen molar-refractivity contribution in [2.75, 3.05) is 26.2 Å². The van der Waals surface area contributed by atoms with Crippen LogP contribution in [-0.2, 0) is 4.74 Å². The van der Waals surface area contributed by atoms with Gasteiger partial charge in [-0.25, -0.2) is 9.59 Å². The van der Waals surface area contributed by atoms with Gasteiger partial charge in [-0.3, -0.25) is 0 Å². The topological polar surface area (TPSA) is 71.1 Å². The molecular formula is C18H26ClN3O4.